The minimum absolute atomic E-state index is 0.0936. The van der Waals surface area contributed by atoms with Crippen molar-refractivity contribution in [3.8, 4) is 0 Å². The molecule has 4 nitrogen and oxygen atoms in total. The average Bonchev–Trinajstić information content (AvgIpc) is 3.00. The number of esters is 1. The number of benzene rings is 1. The molecular weight excluding hydrogens is 354 g/mol. The third-order valence-corrected chi connectivity index (χ3v) is 4.35. The highest BCUT2D eigenvalue weighted by atomic mass is 79.9. The molecule has 6 heteroatoms. The second-order valence-electron chi connectivity index (χ2n) is 4.39. The number of thiophene rings is 1. The predicted octanol–water partition coefficient (Wildman–Crippen LogP) is 3.54. The first-order valence-electron chi connectivity index (χ1n) is 6.31. The van der Waals surface area contributed by atoms with Gasteiger partial charge in [-0.15, -0.1) is 11.3 Å². The van der Waals surface area contributed by atoms with Crippen molar-refractivity contribution in [1.82, 2.24) is 5.32 Å². The second kappa shape index (κ2) is 7.38. The molecule has 0 fully saturated rings. The van der Waals surface area contributed by atoms with Crippen molar-refractivity contribution >= 4 is 39.1 Å². The lowest BCUT2D eigenvalue weighted by Gasteiger charge is -2.12. The Labute approximate surface area is 135 Å². The summed E-state index contributed by atoms with van der Waals surface area (Å²) >= 11 is 4.86. The van der Waals surface area contributed by atoms with E-state index in [1.54, 1.807) is 35.6 Å². The lowest BCUT2D eigenvalue weighted by Crippen LogP contribution is -2.30. The van der Waals surface area contributed by atoms with Crippen molar-refractivity contribution in [3.63, 3.8) is 0 Å². The molecule has 0 aliphatic heterocycles. The monoisotopic (exact) mass is 367 g/mol. The second-order valence-corrected chi connectivity index (χ2v) is 6.28. The van der Waals surface area contributed by atoms with E-state index in [-0.39, 0.29) is 18.6 Å². The van der Waals surface area contributed by atoms with E-state index in [1.807, 2.05) is 24.4 Å². The number of hydrogen-bond donors (Lipinski definition) is 1. The average molecular weight is 368 g/mol. The molecule has 110 valence electrons. The zero-order valence-electron chi connectivity index (χ0n) is 11.3. The molecule has 1 unspecified atom stereocenters. The lowest BCUT2D eigenvalue weighted by molar-refractivity contribution is -0.124. The van der Waals surface area contributed by atoms with E-state index in [0.717, 1.165) is 9.35 Å². The molecule has 0 aliphatic rings. The van der Waals surface area contributed by atoms with Gasteiger partial charge in [0.1, 0.15) is 0 Å². The molecule has 0 saturated carbocycles. The number of ether oxygens (including phenoxy) is 1. The first kappa shape index (κ1) is 15.7. The van der Waals surface area contributed by atoms with Crippen LogP contribution >= 0.6 is 27.3 Å². The van der Waals surface area contributed by atoms with Crippen molar-refractivity contribution in [2.24, 2.45) is 0 Å². The summed E-state index contributed by atoms with van der Waals surface area (Å²) < 4.78 is 5.86. The highest BCUT2D eigenvalue weighted by Gasteiger charge is 2.13. The van der Waals surface area contributed by atoms with Gasteiger partial charge in [-0.3, -0.25) is 4.79 Å². The molecule has 1 N–H and O–H groups in total. The van der Waals surface area contributed by atoms with Gasteiger partial charge >= 0.3 is 5.97 Å². The van der Waals surface area contributed by atoms with Crippen LogP contribution in [0.2, 0.25) is 0 Å². The van der Waals surface area contributed by atoms with Crippen LogP contribution in [-0.4, -0.2) is 18.5 Å². The molecule has 0 aliphatic carbocycles. The summed E-state index contributed by atoms with van der Waals surface area (Å²) in [4.78, 5) is 24.6. The van der Waals surface area contributed by atoms with E-state index in [9.17, 15) is 9.59 Å². The van der Waals surface area contributed by atoms with Crippen molar-refractivity contribution in [3.05, 3.63) is 56.7 Å². The Morgan fingerprint density at radius 1 is 1.29 bits per heavy atom. The molecule has 0 spiro atoms. The van der Waals surface area contributed by atoms with Crippen LogP contribution in [0.4, 0.5) is 0 Å². The SMILES string of the molecule is CC(NC(=O)COC(=O)c1ccc(Br)cc1)c1cccs1. The zero-order chi connectivity index (χ0) is 15.2. The summed E-state index contributed by atoms with van der Waals surface area (Å²) in [5, 5.41) is 4.73. The number of nitrogens with one attached hydrogen (secondary N) is 1. The van der Waals surface area contributed by atoms with Gasteiger partial charge in [0.15, 0.2) is 6.61 Å². The Morgan fingerprint density at radius 3 is 2.62 bits per heavy atom. The van der Waals surface area contributed by atoms with Crippen LogP contribution in [0.25, 0.3) is 0 Å². The molecule has 0 radical (unpaired) electrons. The lowest BCUT2D eigenvalue weighted by atomic mass is 10.2. The number of rotatable bonds is 5. The summed E-state index contributed by atoms with van der Waals surface area (Å²) in [6.45, 7) is 1.60. The quantitative estimate of drug-likeness (QED) is 0.822. The van der Waals surface area contributed by atoms with E-state index >= 15 is 0 Å². The number of carbonyl (C=O) groups is 2. The number of hydrogen-bond acceptors (Lipinski definition) is 4. The van der Waals surface area contributed by atoms with Crippen LogP contribution < -0.4 is 5.32 Å². The molecule has 1 heterocycles. The van der Waals surface area contributed by atoms with Crippen molar-refractivity contribution in [1.29, 1.82) is 0 Å². The van der Waals surface area contributed by atoms with E-state index in [2.05, 4.69) is 21.2 Å². The smallest absolute Gasteiger partial charge is 0.338 e. The van der Waals surface area contributed by atoms with Crippen LogP contribution in [-0.2, 0) is 9.53 Å². The molecule has 0 saturated heterocycles. The van der Waals surface area contributed by atoms with Crippen LogP contribution in [0.15, 0.2) is 46.3 Å². The predicted molar refractivity (Wildman–Crippen MR) is 85.3 cm³/mol. The maximum Gasteiger partial charge on any atom is 0.338 e. The Balaban J connectivity index is 1.81. The summed E-state index contributed by atoms with van der Waals surface area (Å²) in [5.41, 5.74) is 0.414. The fourth-order valence-corrected chi connectivity index (χ4v) is 2.69. The third-order valence-electron chi connectivity index (χ3n) is 2.76. The summed E-state index contributed by atoms with van der Waals surface area (Å²) in [6, 6.07) is 10.5. The molecule has 0 bridgehead atoms. The Bertz CT molecular complexity index is 610. The summed E-state index contributed by atoms with van der Waals surface area (Å²) in [5.74, 6) is -0.831. The molecular formula is C15H14BrNO3S. The van der Waals surface area contributed by atoms with Crippen molar-refractivity contribution in [2.45, 2.75) is 13.0 Å². The fourth-order valence-electron chi connectivity index (χ4n) is 1.69. The van der Waals surface area contributed by atoms with Gasteiger partial charge in [0.2, 0.25) is 0 Å². The molecule has 2 aromatic rings. The zero-order valence-corrected chi connectivity index (χ0v) is 13.7. The first-order chi connectivity index (χ1) is 10.1. The standard InChI is InChI=1S/C15H14BrNO3S/c1-10(13-3-2-8-21-13)17-14(18)9-20-15(19)11-4-6-12(16)7-5-11/h2-8,10H,9H2,1H3,(H,17,18). The fraction of sp³-hybridized carbons (Fsp3) is 0.200. The molecule has 2 rings (SSSR count). The number of carbonyl (C=O) groups excluding carboxylic acids is 2. The summed E-state index contributed by atoms with van der Waals surface area (Å²) in [6.07, 6.45) is 0. The van der Waals surface area contributed by atoms with Gasteiger partial charge in [-0.2, -0.15) is 0 Å². The van der Waals surface area contributed by atoms with Crippen LogP contribution in [0.1, 0.15) is 28.2 Å². The van der Waals surface area contributed by atoms with Gasteiger partial charge in [-0.25, -0.2) is 4.79 Å². The highest BCUT2D eigenvalue weighted by Crippen LogP contribution is 2.17. The first-order valence-corrected chi connectivity index (χ1v) is 7.99. The van der Waals surface area contributed by atoms with Gasteiger partial charge < -0.3 is 10.1 Å². The van der Waals surface area contributed by atoms with Gasteiger partial charge in [0.25, 0.3) is 5.91 Å². The third kappa shape index (κ3) is 4.68. The molecule has 1 amide bonds. The van der Waals surface area contributed by atoms with Gasteiger partial charge in [0.05, 0.1) is 11.6 Å². The maximum atomic E-state index is 11.8. The molecule has 21 heavy (non-hydrogen) atoms. The van der Waals surface area contributed by atoms with E-state index < -0.39 is 5.97 Å². The highest BCUT2D eigenvalue weighted by molar-refractivity contribution is 9.10. The molecule has 1 aromatic carbocycles. The van der Waals surface area contributed by atoms with Crippen molar-refractivity contribution in [2.75, 3.05) is 6.61 Å². The van der Waals surface area contributed by atoms with Crippen LogP contribution in [0.3, 0.4) is 0 Å². The Kier molecular flexibility index (Phi) is 5.52. The molecule has 1 atom stereocenters. The van der Waals surface area contributed by atoms with Crippen molar-refractivity contribution < 1.29 is 14.3 Å². The van der Waals surface area contributed by atoms with Crippen LogP contribution in [0, 0.1) is 0 Å². The number of halogens is 1. The van der Waals surface area contributed by atoms with Gasteiger partial charge in [0, 0.05) is 9.35 Å². The number of amides is 1. The van der Waals surface area contributed by atoms with Gasteiger partial charge in [-0.1, -0.05) is 22.0 Å². The Morgan fingerprint density at radius 2 is 2.00 bits per heavy atom. The molecule has 1 aromatic heterocycles. The topological polar surface area (TPSA) is 55.4 Å². The van der Waals surface area contributed by atoms with E-state index in [4.69, 9.17) is 4.74 Å². The minimum Gasteiger partial charge on any atom is -0.452 e. The minimum atomic E-state index is -0.513. The van der Waals surface area contributed by atoms with Crippen LogP contribution in [0.5, 0.6) is 0 Å². The Hall–Kier alpha value is -1.66. The van der Waals surface area contributed by atoms with E-state index in [1.165, 1.54) is 0 Å². The van der Waals surface area contributed by atoms with Gasteiger partial charge in [-0.05, 0) is 42.6 Å². The van der Waals surface area contributed by atoms with E-state index in [0.29, 0.717) is 5.56 Å². The summed E-state index contributed by atoms with van der Waals surface area (Å²) in [7, 11) is 0. The largest absolute Gasteiger partial charge is 0.452 e. The maximum absolute atomic E-state index is 11.8. The normalized spacial score (nSPS) is 11.7.